The van der Waals surface area contributed by atoms with E-state index >= 15 is 0 Å². The average molecular weight is 438 g/mol. The van der Waals surface area contributed by atoms with Crippen LogP contribution in [0.4, 0.5) is 8.78 Å². The first-order valence-corrected chi connectivity index (χ1v) is 12.7. The Morgan fingerprint density at radius 1 is 1.16 bits per heavy atom. The van der Waals surface area contributed by atoms with Crippen LogP contribution < -0.4 is 0 Å². The quantitative estimate of drug-likeness (QED) is 0.524. The van der Waals surface area contributed by atoms with Crippen LogP contribution in [0.3, 0.4) is 0 Å². The minimum absolute atomic E-state index is 0.140. The topological polar surface area (TPSA) is 32.7 Å². The van der Waals surface area contributed by atoms with Crippen molar-refractivity contribution in [3.8, 4) is 0 Å². The first-order valence-electron chi connectivity index (χ1n) is 12.7. The summed E-state index contributed by atoms with van der Waals surface area (Å²) < 4.78 is 29.5. The molecule has 0 spiro atoms. The second-order valence-electron chi connectivity index (χ2n) is 10.8. The number of hydrogen-bond donors (Lipinski definition) is 1. The van der Waals surface area contributed by atoms with E-state index in [2.05, 4.69) is 24.0 Å². The van der Waals surface area contributed by atoms with E-state index in [4.69, 9.17) is 4.74 Å². The van der Waals surface area contributed by atoms with Gasteiger partial charge in [-0.15, -0.1) is 0 Å². The lowest BCUT2D eigenvalue weighted by Gasteiger charge is -2.42. The summed E-state index contributed by atoms with van der Waals surface area (Å²) in [7, 11) is 0. The molecule has 176 valence electrons. The zero-order chi connectivity index (χ0) is 21.8. The van der Waals surface area contributed by atoms with Gasteiger partial charge in [-0.1, -0.05) is 30.2 Å². The van der Waals surface area contributed by atoms with Gasteiger partial charge in [0.2, 0.25) is 0 Å². The molecule has 0 aromatic carbocycles. The van der Waals surface area contributed by atoms with Crippen molar-refractivity contribution in [1.29, 1.82) is 0 Å². The van der Waals surface area contributed by atoms with Crippen LogP contribution in [0.25, 0.3) is 0 Å². The molecule has 4 fully saturated rings. The molecular formula is C26H41F2NO2. The Hall–Kier alpha value is -0.780. The standard InChI is InChI=1S/C26H41F2NO2/c1-26-14-3-6-20(10-9-19-5-2-8-22(30)17-19)24(26)12-11-21(26)7-4-15-29-16-13-23(18-29)31-25(27)28/h9-10,21-25,30H,2-8,11-18H2,1H3/b19-9-,20-10+. The number of hydrogen-bond acceptors (Lipinski definition) is 3. The number of rotatable bonds is 7. The maximum Gasteiger partial charge on any atom is 0.345 e. The third-order valence-electron chi connectivity index (χ3n) is 8.78. The molecule has 0 radical (unpaired) electrons. The fourth-order valence-corrected chi connectivity index (χ4v) is 7.09. The second-order valence-corrected chi connectivity index (χ2v) is 10.8. The highest BCUT2D eigenvalue weighted by Gasteiger charge is 2.48. The largest absolute Gasteiger partial charge is 0.393 e. The van der Waals surface area contributed by atoms with Crippen molar-refractivity contribution in [3.05, 3.63) is 23.3 Å². The molecular weight excluding hydrogens is 396 g/mol. The van der Waals surface area contributed by atoms with Crippen molar-refractivity contribution >= 4 is 0 Å². The van der Waals surface area contributed by atoms with E-state index in [1.807, 2.05) is 0 Å². The van der Waals surface area contributed by atoms with Crippen LogP contribution in [0.2, 0.25) is 0 Å². The number of likely N-dealkylation sites (tertiary alicyclic amines) is 1. The van der Waals surface area contributed by atoms with Gasteiger partial charge in [0, 0.05) is 13.1 Å². The smallest absolute Gasteiger partial charge is 0.345 e. The third-order valence-corrected chi connectivity index (χ3v) is 8.78. The molecule has 3 saturated carbocycles. The lowest BCUT2D eigenvalue weighted by atomic mass is 9.62. The van der Waals surface area contributed by atoms with Crippen molar-refractivity contribution in [2.75, 3.05) is 19.6 Å². The molecule has 4 aliphatic rings. The van der Waals surface area contributed by atoms with Gasteiger partial charge in [-0.2, -0.15) is 8.78 Å². The lowest BCUT2D eigenvalue weighted by molar-refractivity contribution is -0.158. The van der Waals surface area contributed by atoms with E-state index in [0.29, 0.717) is 17.9 Å². The van der Waals surface area contributed by atoms with Crippen LogP contribution in [-0.4, -0.2) is 48.5 Å². The minimum atomic E-state index is -2.65. The van der Waals surface area contributed by atoms with Gasteiger partial charge in [0.25, 0.3) is 0 Å². The molecule has 0 aromatic heterocycles. The molecule has 0 bridgehead atoms. The highest BCUT2D eigenvalue weighted by Crippen LogP contribution is 2.58. The van der Waals surface area contributed by atoms with Gasteiger partial charge < -0.3 is 14.7 Å². The van der Waals surface area contributed by atoms with E-state index in [9.17, 15) is 13.9 Å². The van der Waals surface area contributed by atoms with Crippen molar-refractivity contribution in [2.45, 2.75) is 103 Å². The monoisotopic (exact) mass is 437 g/mol. The number of fused-ring (bicyclic) bond motifs is 1. The minimum Gasteiger partial charge on any atom is -0.393 e. The predicted molar refractivity (Wildman–Crippen MR) is 120 cm³/mol. The Morgan fingerprint density at radius 2 is 2.03 bits per heavy atom. The van der Waals surface area contributed by atoms with Gasteiger partial charge >= 0.3 is 6.61 Å². The van der Waals surface area contributed by atoms with E-state index in [1.165, 1.54) is 44.1 Å². The molecule has 0 aromatic rings. The zero-order valence-corrected chi connectivity index (χ0v) is 19.2. The predicted octanol–water partition coefficient (Wildman–Crippen LogP) is 6.08. The van der Waals surface area contributed by atoms with Gasteiger partial charge in [0.1, 0.15) is 0 Å². The van der Waals surface area contributed by atoms with E-state index in [-0.39, 0.29) is 12.2 Å². The van der Waals surface area contributed by atoms with E-state index in [0.717, 1.165) is 57.5 Å². The summed E-state index contributed by atoms with van der Waals surface area (Å²) in [6, 6.07) is 0. The molecule has 31 heavy (non-hydrogen) atoms. The van der Waals surface area contributed by atoms with Crippen molar-refractivity contribution < 1.29 is 18.6 Å². The van der Waals surface area contributed by atoms with Crippen molar-refractivity contribution in [3.63, 3.8) is 0 Å². The van der Waals surface area contributed by atoms with Crippen LogP contribution in [0, 0.1) is 17.3 Å². The van der Waals surface area contributed by atoms with Crippen LogP contribution >= 0.6 is 0 Å². The number of alkyl halides is 2. The van der Waals surface area contributed by atoms with Gasteiger partial charge in [0.05, 0.1) is 12.2 Å². The summed E-state index contributed by atoms with van der Waals surface area (Å²) >= 11 is 0. The third kappa shape index (κ3) is 5.78. The normalized spacial score (nSPS) is 39.6. The van der Waals surface area contributed by atoms with Gasteiger partial charge in [-0.05, 0) is 101 Å². The zero-order valence-electron chi connectivity index (χ0n) is 19.2. The highest BCUT2D eigenvalue weighted by atomic mass is 19.3. The van der Waals surface area contributed by atoms with Gasteiger partial charge in [0.15, 0.2) is 0 Å². The number of nitrogens with zero attached hydrogens (tertiary/aromatic N) is 1. The number of ether oxygens (including phenoxy) is 1. The number of aliphatic hydroxyl groups is 1. The van der Waals surface area contributed by atoms with Gasteiger partial charge in [-0.3, -0.25) is 0 Å². The van der Waals surface area contributed by atoms with E-state index in [1.54, 1.807) is 5.57 Å². The highest BCUT2D eigenvalue weighted by molar-refractivity contribution is 5.25. The Morgan fingerprint density at radius 3 is 2.84 bits per heavy atom. The molecule has 5 atom stereocenters. The van der Waals surface area contributed by atoms with Crippen LogP contribution in [0.5, 0.6) is 0 Å². The molecule has 1 saturated heterocycles. The number of allylic oxidation sites excluding steroid dienone is 3. The molecule has 5 unspecified atom stereocenters. The molecule has 5 heteroatoms. The summed E-state index contributed by atoms with van der Waals surface area (Å²) in [5.74, 6) is 1.49. The first-order chi connectivity index (χ1) is 14.9. The van der Waals surface area contributed by atoms with Gasteiger partial charge in [-0.25, -0.2) is 0 Å². The van der Waals surface area contributed by atoms with Crippen molar-refractivity contribution in [2.24, 2.45) is 17.3 Å². The Kier molecular flexibility index (Phi) is 7.87. The SMILES string of the molecule is CC12CCC/C(=C\C=C3\CCCC(O)C3)C1CCC2CCCN1CCC(OC(F)F)C1. The fourth-order valence-electron chi connectivity index (χ4n) is 7.09. The molecule has 1 aliphatic heterocycles. The lowest BCUT2D eigenvalue weighted by Crippen LogP contribution is -2.33. The maximum absolute atomic E-state index is 12.4. The molecule has 1 N–H and O–H groups in total. The van der Waals surface area contributed by atoms with Crippen LogP contribution in [0.1, 0.15) is 84.0 Å². The summed E-state index contributed by atoms with van der Waals surface area (Å²) in [6.45, 7) is 2.44. The maximum atomic E-state index is 12.4. The Bertz CT molecular complexity index is 664. The van der Waals surface area contributed by atoms with Crippen molar-refractivity contribution in [1.82, 2.24) is 4.90 Å². The summed E-state index contributed by atoms with van der Waals surface area (Å²) in [4.78, 5) is 2.30. The molecule has 0 amide bonds. The second kappa shape index (κ2) is 10.4. The summed E-state index contributed by atoms with van der Waals surface area (Å²) in [5.41, 5.74) is 3.49. The summed E-state index contributed by atoms with van der Waals surface area (Å²) in [5, 5.41) is 9.95. The number of aliphatic hydroxyl groups excluding tert-OH is 1. The van der Waals surface area contributed by atoms with Crippen LogP contribution in [-0.2, 0) is 4.74 Å². The molecule has 4 rings (SSSR count). The molecule has 1 heterocycles. The fraction of sp³-hybridized carbons (Fsp3) is 0.846. The Labute approximate surface area is 186 Å². The summed E-state index contributed by atoms with van der Waals surface area (Å²) in [6.07, 6.45) is 18.0. The van der Waals surface area contributed by atoms with E-state index < -0.39 is 6.61 Å². The average Bonchev–Trinajstić information content (AvgIpc) is 3.30. The molecule has 3 nitrogen and oxygen atoms in total. The first kappa shape index (κ1) is 23.4. The van der Waals surface area contributed by atoms with Crippen LogP contribution in [0.15, 0.2) is 23.3 Å². The molecule has 3 aliphatic carbocycles. The Balaban J connectivity index is 1.29. The number of halogens is 2.